The van der Waals surface area contributed by atoms with Gasteiger partial charge < -0.3 is 10.2 Å². The van der Waals surface area contributed by atoms with E-state index in [4.69, 9.17) is 0 Å². The lowest BCUT2D eigenvalue weighted by Gasteiger charge is -2.45. The van der Waals surface area contributed by atoms with E-state index in [9.17, 15) is 9.59 Å². The van der Waals surface area contributed by atoms with E-state index in [1.807, 2.05) is 17.9 Å². The Bertz CT molecular complexity index is 716. The van der Waals surface area contributed by atoms with Crippen molar-refractivity contribution in [2.24, 2.45) is 5.41 Å². The number of likely N-dealkylation sites (tertiary alicyclic amines) is 1. The topological polar surface area (TPSA) is 52.7 Å². The van der Waals surface area contributed by atoms with Gasteiger partial charge in [-0.2, -0.15) is 0 Å². The van der Waals surface area contributed by atoms with Crippen LogP contribution in [0.15, 0.2) is 42.1 Å². The van der Waals surface area contributed by atoms with Crippen molar-refractivity contribution in [2.45, 2.75) is 52.5 Å². The van der Waals surface area contributed by atoms with Crippen LogP contribution in [0.2, 0.25) is 0 Å². The van der Waals surface area contributed by atoms with Gasteiger partial charge in [-0.15, -0.1) is 0 Å². The molecule has 1 aliphatic carbocycles. The number of nitrogens with zero attached hydrogens (tertiary/aromatic N) is 2. The first-order chi connectivity index (χ1) is 13.6. The number of hydrogen-bond donors (Lipinski definition) is 1. The van der Waals surface area contributed by atoms with E-state index < -0.39 is 5.41 Å². The zero-order chi connectivity index (χ0) is 20.0. The van der Waals surface area contributed by atoms with Crippen molar-refractivity contribution in [1.29, 1.82) is 0 Å². The van der Waals surface area contributed by atoms with Crippen molar-refractivity contribution in [1.82, 2.24) is 15.1 Å². The van der Waals surface area contributed by atoms with Crippen LogP contribution in [-0.4, -0.2) is 47.8 Å². The average molecular weight is 384 g/mol. The van der Waals surface area contributed by atoms with E-state index in [0.717, 1.165) is 44.6 Å². The summed E-state index contributed by atoms with van der Waals surface area (Å²) in [6.45, 7) is 8.07. The van der Waals surface area contributed by atoms with E-state index in [1.54, 1.807) is 0 Å². The number of piperidine rings is 1. The lowest BCUT2D eigenvalue weighted by molar-refractivity contribution is -0.140. The first kappa shape index (κ1) is 20.6. The molecule has 0 bridgehead atoms. The van der Waals surface area contributed by atoms with Crippen molar-refractivity contribution in [3.8, 4) is 0 Å². The minimum Gasteiger partial charge on any atom is -0.354 e. The minimum atomic E-state index is -0.515. The van der Waals surface area contributed by atoms with Gasteiger partial charge in [0.1, 0.15) is 0 Å². The summed E-state index contributed by atoms with van der Waals surface area (Å²) in [4.78, 5) is 29.7. The summed E-state index contributed by atoms with van der Waals surface area (Å²) in [7, 11) is 0. The van der Waals surface area contributed by atoms with Gasteiger partial charge in [0.05, 0.1) is 5.41 Å². The maximum Gasteiger partial charge on any atom is 0.232 e. The number of carbonyl (C=O) groups excluding carboxylic acids is 2. The van der Waals surface area contributed by atoms with Crippen LogP contribution >= 0.6 is 0 Å². The van der Waals surface area contributed by atoms with Gasteiger partial charge in [-0.3, -0.25) is 14.5 Å². The second-order valence-electron chi connectivity index (χ2n) is 7.81. The molecule has 28 heavy (non-hydrogen) atoms. The third-order valence-electron chi connectivity index (χ3n) is 6.15. The van der Waals surface area contributed by atoms with Crippen molar-refractivity contribution in [3.63, 3.8) is 0 Å². The number of amides is 2. The molecular weight excluding hydrogens is 350 g/mol. The first-order valence-electron chi connectivity index (χ1n) is 10.7. The van der Waals surface area contributed by atoms with Crippen molar-refractivity contribution >= 4 is 11.8 Å². The molecule has 0 aromatic heterocycles. The third-order valence-corrected chi connectivity index (χ3v) is 6.15. The second kappa shape index (κ2) is 9.37. The molecule has 5 heteroatoms. The molecular formula is C23H33N3O2. The number of likely N-dealkylation sites (N-methyl/N-ethyl adjacent to an activating group) is 1. The Morgan fingerprint density at radius 2 is 2.00 bits per heavy atom. The fraction of sp³-hybridized carbons (Fsp3) is 0.565. The summed E-state index contributed by atoms with van der Waals surface area (Å²) in [5.41, 5.74) is 1.72. The smallest absolute Gasteiger partial charge is 0.232 e. The zero-order valence-corrected chi connectivity index (χ0v) is 17.2. The highest BCUT2D eigenvalue weighted by Gasteiger charge is 2.48. The highest BCUT2D eigenvalue weighted by molar-refractivity contribution is 5.91. The van der Waals surface area contributed by atoms with E-state index >= 15 is 0 Å². The molecule has 1 aliphatic heterocycles. The van der Waals surface area contributed by atoms with Crippen LogP contribution in [0.3, 0.4) is 0 Å². The van der Waals surface area contributed by atoms with Crippen LogP contribution in [0.5, 0.6) is 0 Å². The predicted molar refractivity (Wildman–Crippen MR) is 111 cm³/mol. The molecule has 1 aromatic carbocycles. The number of rotatable bonds is 8. The Hall–Kier alpha value is -2.14. The number of carbonyl (C=O) groups is 2. The maximum atomic E-state index is 13.2. The molecule has 0 radical (unpaired) electrons. The fourth-order valence-corrected chi connectivity index (χ4v) is 4.55. The molecule has 2 amide bonds. The van der Waals surface area contributed by atoms with Gasteiger partial charge in [-0.05, 0) is 44.7 Å². The predicted octanol–water partition coefficient (Wildman–Crippen LogP) is 3.32. The van der Waals surface area contributed by atoms with Crippen LogP contribution in [0.25, 0.3) is 0 Å². The van der Waals surface area contributed by atoms with E-state index in [0.29, 0.717) is 25.9 Å². The van der Waals surface area contributed by atoms with Crippen molar-refractivity contribution in [3.05, 3.63) is 47.7 Å². The maximum absolute atomic E-state index is 13.2. The molecule has 3 rings (SSSR count). The van der Waals surface area contributed by atoms with Crippen LogP contribution in [0.1, 0.15) is 51.5 Å². The molecule has 1 N–H and O–H groups in total. The number of benzene rings is 1. The van der Waals surface area contributed by atoms with Crippen LogP contribution in [0.4, 0.5) is 0 Å². The summed E-state index contributed by atoms with van der Waals surface area (Å²) < 4.78 is 0. The average Bonchev–Trinajstić information content (AvgIpc) is 2.73. The fourth-order valence-electron chi connectivity index (χ4n) is 4.55. The standard InChI is InChI=1S/C23H33N3O2/c1-3-25(18-19-10-6-5-7-11-19)17-16-24-22(28)23-14-9-8-12-20(23)26(4-2)21(27)13-15-23/h5-7,10-12H,3-4,8-9,13-18H2,1-2H3,(H,24,28). The largest absolute Gasteiger partial charge is 0.354 e. The highest BCUT2D eigenvalue weighted by atomic mass is 16.2. The molecule has 1 unspecified atom stereocenters. The molecule has 1 aromatic rings. The molecule has 1 fully saturated rings. The van der Waals surface area contributed by atoms with Gasteiger partial charge in [-0.1, -0.05) is 43.3 Å². The van der Waals surface area contributed by atoms with Crippen LogP contribution in [0, 0.1) is 5.41 Å². The minimum absolute atomic E-state index is 0.0974. The molecule has 5 nitrogen and oxygen atoms in total. The van der Waals surface area contributed by atoms with Gasteiger partial charge in [0.15, 0.2) is 0 Å². The van der Waals surface area contributed by atoms with Crippen molar-refractivity contribution < 1.29 is 9.59 Å². The van der Waals surface area contributed by atoms with Gasteiger partial charge >= 0.3 is 0 Å². The normalized spacial score (nSPS) is 22.0. The molecule has 152 valence electrons. The summed E-state index contributed by atoms with van der Waals surface area (Å²) in [6, 6.07) is 10.4. The van der Waals surface area contributed by atoms with E-state index in [-0.39, 0.29) is 11.8 Å². The zero-order valence-electron chi connectivity index (χ0n) is 17.2. The van der Waals surface area contributed by atoms with Gasteiger partial charge in [-0.25, -0.2) is 0 Å². The number of allylic oxidation sites excluding steroid dienone is 1. The molecule has 1 saturated heterocycles. The summed E-state index contributed by atoms with van der Waals surface area (Å²) in [5.74, 6) is 0.249. The summed E-state index contributed by atoms with van der Waals surface area (Å²) in [6.07, 6.45) is 6.04. The molecule has 1 atom stereocenters. The summed E-state index contributed by atoms with van der Waals surface area (Å²) in [5, 5.41) is 3.19. The van der Waals surface area contributed by atoms with Gasteiger partial charge in [0, 0.05) is 38.3 Å². The van der Waals surface area contributed by atoms with Gasteiger partial charge in [0.25, 0.3) is 0 Å². The molecule has 1 heterocycles. The number of fused-ring (bicyclic) bond motifs is 1. The second-order valence-corrected chi connectivity index (χ2v) is 7.81. The third kappa shape index (κ3) is 4.30. The highest BCUT2D eigenvalue weighted by Crippen LogP contribution is 2.46. The Balaban J connectivity index is 1.61. The molecule has 0 spiro atoms. The Labute approximate surface area is 168 Å². The van der Waals surface area contributed by atoms with E-state index in [2.05, 4.69) is 47.5 Å². The summed E-state index contributed by atoms with van der Waals surface area (Å²) >= 11 is 0. The first-order valence-corrected chi connectivity index (χ1v) is 10.7. The Kier molecular flexibility index (Phi) is 6.89. The van der Waals surface area contributed by atoms with Gasteiger partial charge in [0.2, 0.25) is 11.8 Å². The lowest BCUT2D eigenvalue weighted by atomic mass is 9.69. The molecule has 0 saturated carbocycles. The lowest BCUT2D eigenvalue weighted by Crippen LogP contribution is -2.53. The Morgan fingerprint density at radius 1 is 1.21 bits per heavy atom. The SMILES string of the molecule is CCN(CCNC(=O)C12CCCC=C1N(CC)C(=O)CC2)Cc1ccccc1. The number of nitrogens with one attached hydrogen (secondary N) is 1. The molecule has 2 aliphatic rings. The monoisotopic (exact) mass is 383 g/mol. The van der Waals surface area contributed by atoms with Crippen molar-refractivity contribution in [2.75, 3.05) is 26.2 Å². The quantitative estimate of drug-likeness (QED) is 0.749. The van der Waals surface area contributed by atoms with Crippen LogP contribution < -0.4 is 5.32 Å². The Morgan fingerprint density at radius 3 is 2.71 bits per heavy atom. The number of hydrogen-bond acceptors (Lipinski definition) is 3. The van der Waals surface area contributed by atoms with E-state index in [1.165, 1.54) is 5.56 Å². The van der Waals surface area contributed by atoms with Crippen LogP contribution in [-0.2, 0) is 16.1 Å².